The van der Waals surface area contributed by atoms with E-state index in [0.717, 1.165) is 32.8 Å². The lowest BCUT2D eigenvalue weighted by Gasteiger charge is -2.29. The van der Waals surface area contributed by atoms with Gasteiger partial charge in [0.05, 0.1) is 22.9 Å². The SMILES string of the molecule is Cc1sc2nc(SC(C)C(=O)NC(C)C3CC4CCC3C4)n(Cc3ccccn3)c(=O)c2c1C. The van der Waals surface area contributed by atoms with Gasteiger partial charge in [-0.05, 0) is 82.4 Å². The number of fused-ring (bicyclic) bond motifs is 3. The van der Waals surface area contributed by atoms with Crippen molar-refractivity contribution >= 4 is 39.2 Å². The van der Waals surface area contributed by atoms with Crippen LogP contribution in [0.3, 0.4) is 0 Å². The van der Waals surface area contributed by atoms with Gasteiger partial charge < -0.3 is 5.32 Å². The lowest BCUT2D eigenvalue weighted by atomic mass is 9.84. The summed E-state index contributed by atoms with van der Waals surface area (Å²) in [6, 6.07) is 5.86. The van der Waals surface area contributed by atoms with E-state index in [4.69, 9.17) is 4.98 Å². The van der Waals surface area contributed by atoms with Crippen molar-refractivity contribution in [3.05, 3.63) is 50.9 Å². The number of amides is 1. The van der Waals surface area contributed by atoms with Crippen molar-refractivity contribution in [1.82, 2.24) is 19.9 Å². The number of hydrogen-bond acceptors (Lipinski definition) is 6. The summed E-state index contributed by atoms with van der Waals surface area (Å²) in [5, 5.41) is 4.16. The molecule has 0 aromatic carbocycles. The van der Waals surface area contributed by atoms with Crippen molar-refractivity contribution in [3.8, 4) is 0 Å². The number of nitrogens with zero attached hydrogens (tertiary/aromatic N) is 3. The van der Waals surface area contributed by atoms with Gasteiger partial charge in [0.15, 0.2) is 5.16 Å². The number of thioether (sulfide) groups is 1. The molecule has 0 spiro atoms. The zero-order chi connectivity index (χ0) is 24.0. The van der Waals surface area contributed by atoms with Gasteiger partial charge in [-0.3, -0.25) is 19.1 Å². The number of nitrogens with one attached hydrogen (secondary N) is 1. The predicted molar refractivity (Wildman–Crippen MR) is 139 cm³/mol. The van der Waals surface area contributed by atoms with Gasteiger partial charge >= 0.3 is 0 Å². The molecule has 2 fully saturated rings. The van der Waals surface area contributed by atoms with Crippen LogP contribution in [0.1, 0.15) is 55.7 Å². The number of pyridine rings is 1. The summed E-state index contributed by atoms with van der Waals surface area (Å²) in [7, 11) is 0. The highest BCUT2D eigenvalue weighted by molar-refractivity contribution is 8.00. The van der Waals surface area contributed by atoms with Gasteiger partial charge in [0.2, 0.25) is 5.91 Å². The van der Waals surface area contributed by atoms with Crippen LogP contribution in [0.4, 0.5) is 0 Å². The van der Waals surface area contributed by atoms with Crippen LogP contribution in [-0.4, -0.2) is 31.7 Å². The first-order chi connectivity index (χ1) is 16.3. The molecule has 2 bridgehead atoms. The van der Waals surface area contributed by atoms with Crippen LogP contribution < -0.4 is 10.9 Å². The minimum absolute atomic E-state index is 0.0116. The highest BCUT2D eigenvalue weighted by Gasteiger charge is 2.42. The van der Waals surface area contributed by atoms with E-state index in [0.29, 0.717) is 23.0 Å². The molecular formula is C26H32N4O2S2. The van der Waals surface area contributed by atoms with Crippen molar-refractivity contribution in [1.29, 1.82) is 0 Å². The Morgan fingerprint density at radius 1 is 1.26 bits per heavy atom. The van der Waals surface area contributed by atoms with Crippen LogP contribution >= 0.6 is 23.1 Å². The second-order valence-corrected chi connectivity index (χ2v) is 12.5. The minimum Gasteiger partial charge on any atom is -0.352 e. The van der Waals surface area contributed by atoms with Crippen molar-refractivity contribution in [2.75, 3.05) is 0 Å². The Bertz CT molecular complexity index is 1270. The number of aryl methyl sites for hydroxylation is 2. The van der Waals surface area contributed by atoms with Crippen molar-refractivity contribution < 1.29 is 4.79 Å². The number of rotatable bonds is 7. The van der Waals surface area contributed by atoms with Gasteiger partial charge in [-0.15, -0.1) is 11.3 Å². The normalized spacial score (nSPS) is 23.4. The molecule has 3 aromatic rings. The highest BCUT2D eigenvalue weighted by atomic mass is 32.2. The van der Waals surface area contributed by atoms with Crippen molar-refractivity contribution in [2.45, 2.75) is 76.4 Å². The molecule has 0 saturated heterocycles. The zero-order valence-electron chi connectivity index (χ0n) is 20.2. The molecule has 2 saturated carbocycles. The number of carbonyl (C=O) groups excluding carboxylic acids is 1. The molecule has 2 aliphatic carbocycles. The minimum atomic E-state index is -0.359. The predicted octanol–water partition coefficient (Wildman–Crippen LogP) is 4.94. The number of thiophene rings is 1. The standard InChI is InChI=1S/C26H32N4O2S2/c1-14-16(3)33-24-22(14)25(32)30(13-20-7-5-6-10-27-20)26(29-24)34-17(4)23(31)28-15(2)21-12-18-8-9-19(21)11-18/h5-7,10,15,17-19,21H,8-9,11-13H2,1-4H3,(H,28,31). The third kappa shape index (κ3) is 4.42. The van der Waals surface area contributed by atoms with Gasteiger partial charge in [0.25, 0.3) is 5.56 Å². The maximum absolute atomic E-state index is 13.6. The summed E-state index contributed by atoms with van der Waals surface area (Å²) in [6.45, 7) is 8.38. The van der Waals surface area contributed by atoms with E-state index in [1.807, 2.05) is 39.0 Å². The molecule has 0 radical (unpaired) electrons. The van der Waals surface area contributed by atoms with E-state index in [9.17, 15) is 9.59 Å². The fourth-order valence-corrected chi connectivity index (χ4v) is 7.75. The van der Waals surface area contributed by atoms with E-state index in [1.54, 1.807) is 10.8 Å². The van der Waals surface area contributed by atoms with Gasteiger partial charge in [0, 0.05) is 17.1 Å². The first-order valence-electron chi connectivity index (χ1n) is 12.2. The lowest BCUT2D eigenvalue weighted by Crippen LogP contribution is -2.43. The fourth-order valence-electron chi connectivity index (χ4n) is 5.76. The van der Waals surface area contributed by atoms with Crippen LogP contribution in [0.15, 0.2) is 34.3 Å². The van der Waals surface area contributed by atoms with Crippen molar-refractivity contribution in [2.24, 2.45) is 17.8 Å². The molecule has 1 amide bonds. The van der Waals surface area contributed by atoms with E-state index in [1.165, 1.54) is 48.8 Å². The van der Waals surface area contributed by atoms with E-state index >= 15 is 0 Å². The first kappa shape index (κ1) is 23.5. The molecule has 5 unspecified atom stereocenters. The Morgan fingerprint density at radius 2 is 2.09 bits per heavy atom. The average Bonchev–Trinajstić information content (AvgIpc) is 3.52. The molecule has 3 aromatic heterocycles. The quantitative estimate of drug-likeness (QED) is 0.370. The molecule has 0 aliphatic heterocycles. The lowest BCUT2D eigenvalue weighted by molar-refractivity contribution is -0.121. The molecule has 3 heterocycles. The summed E-state index contributed by atoms with van der Waals surface area (Å²) in [5.74, 6) is 2.23. The monoisotopic (exact) mass is 496 g/mol. The highest BCUT2D eigenvalue weighted by Crippen LogP contribution is 2.49. The van der Waals surface area contributed by atoms with Crippen LogP contribution in [0.25, 0.3) is 10.2 Å². The van der Waals surface area contributed by atoms with Crippen LogP contribution in [0.5, 0.6) is 0 Å². The Kier molecular flexibility index (Phi) is 6.55. The van der Waals surface area contributed by atoms with Crippen LogP contribution in [-0.2, 0) is 11.3 Å². The number of carbonyl (C=O) groups is 1. The van der Waals surface area contributed by atoms with E-state index < -0.39 is 0 Å². The molecule has 2 aliphatic rings. The average molecular weight is 497 g/mol. The summed E-state index contributed by atoms with van der Waals surface area (Å²) >= 11 is 2.90. The number of hydrogen-bond donors (Lipinski definition) is 1. The molecule has 1 N–H and O–H groups in total. The van der Waals surface area contributed by atoms with Gasteiger partial charge in [-0.25, -0.2) is 4.98 Å². The smallest absolute Gasteiger partial charge is 0.263 e. The fraction of sp³-hybridized carbons (Fsp3) is 0.538. The molecule has 5 atom stereocenters. The first-order valence-corrected chi connectivity index (χ1v) is 13.9. The van der Waals surface area contributed by atoms with Crippen LogP contribution in [0, 0.1) is 31.6 Å². The Hall–Kier alpha value is -2.19. The summed E-state index contributed by atoms with van der Waals surface area (Å²) < 4.78 is 1.68. The molecule has 34 heavy (non-hydrogen) atoms. The summed E-state index contributed by atoms with van der Waals surface area (Å²) in [4.78, 5) is 37.8. The summed E-state index contributed by atoms with van der Waals surface area (Å²) in [5.41, 5.74) is 1.71. The van der Waals surface area contributed by atoms with E-state index in [2.05, 4.69) is 17.2 Å². The molecule has 180 valence electrons. The van der Waals surface area contributed by atoms with Gasteiger partial charge in [-0.2, -0.15) is 0 Å². The second-order valence-electron chi connectivity index (χ2n) is 9.97. The maximum Gasteiger partial charge on any atom is 0.263 e. The topological polar surface area (TPSA) is 76.9 Å². The molecule has 6 nitrogen and oxygen atoms in total. The molecular weight excluding hydrogens is 464 g/mol. The molecule has 5 rings (SSSR count). The third-order valence-corrected chi connectivity index (χ3v) is 9.95. The second kappa shape index (κ2) is 9.46. The zero-order valence-corrected chi connectivity index (χ0v) is 21.8. The Morgan fingerprint density at radius 3 is 2.76 bits per heavy atom. The maximum atomic E-state index is 13.6. The molecule has 8 heteroatoms. The van der Waals surface area contributed by atoms with Crippen molar-refractivity contribution in [3.63, 3.8) is 0 Å². The summed E-state index contributed by atoms with van der Waals surface area (Å²) in [6.07, 6.45) is 6.97. The van der Waals surface area contributed by atoms with Gasteiger partial charge in [0.1, 0.15) is 4.83 Å². The largest absolute Gasteiger partial charge is 0.352 e. The third-order valence-electron chi connectivity index (χ3n) is 7.76. The number of aromatic nitrogens is 3. The Balaban J connectivity index is 1.39. The van der Waals surface area contributed by atoms with Crippen LogP contribution in [0.2, 0.25) is 0 Å². The van der Waals surface area contributed by atoms with E-state index in [-0.39, 0.29) is 22.8 Å². The Labute approximate surface area is 208 Å². The van der Waals surface area contributed by atoms with Gasteiger partial charge in [-0.1, -0.05) is 24.2 Å².